The zero-order valence-corrected chi connectivity index (χ0v) is 16.4. The molecular weight excluding hydrogens is 344 g/mol. The summed E-state index contributed by atoms with van der Waals surface area (Å²) in [5.41, 5.74) is 5.12. The second-order valence-corrected chi connectivity index (χ2v) is 10.5. The minimum atomic E-state index is -0.0685. The van der Waals surface area contributed by atoms with Crippen molar-refractivity contribution in [1.82, 2.24) is 0 Å². The molecule has 7 rings (SSSR count). The van der Waals surface area contributed by atoms with Crippen LogP contribution in [0.3, 0.4) is 0 Å². The Kier molecular flexibility index (Phi) is 3.03. The monoisotopic (exact) mass is 372 g/mol. The summed E-state index contributed by atoms with van der Waals surface area (Å²) >= 11 is 0. The molecule has 0 saturated heterocycles. The number of fused-ring (bicyclic) bond motifs is 11. The number of hydrogen-bond acceptors (Lipinski definition) is 2. The van der Waals surface area contributed by atoms with E-state index < -0.39 is 0 Å². The van der Waals surface area contributed by atoms with Crippen LogP contribution in [0.1, 0.15) is 51.4 Å². The van der Waals surface area contributed by atoms with Gasteiger partial charge in [-0.05, 0) is 93.1 Å². The number of carbonyl (C=O) groups excluding carboxylic acids is 2. The van der Waals surface area contributed by atoms with Gasteiger partial charge in [0.2, 0.25) is 0 Å². The van der Waals surface area contributed by atoms with E-state index in [-0.39, 0.29) is 28.8 Å². The molecule has 3 fully saturated rings. The molecule has 0 aromatic carbocycles. The van der Waals surface area contributed by atoms with Gasteiger partial charge in [-0.2, -0.15) is 0 Å². The average molecular weight is 373 g/mol. The van der Waals surface area contributed by atoms with Gasteiger partial charge in [-0.25, -0.2) is 0 Å². The van der Waals surface area contributed by atoms with Gasteiger partial charge < -0.3 is 0 Å². The Morgan fingerprint density at radius 2 is 1.79 bits per heavy atom. The summed E-state index contributed by atoms with van der Waals surface area (Å²) in [6.45, 7) is 0. The Morgan fingerprint density at radius 3 is 2.61 bits per heavy atom. The van der Waals surface area contributed by atoms with Crippen LogP contribution in [0, 0.1) is 46.8 Å². The first-order valence-electron chi connectivity index (χ1n) is 11.6. The summed E-state index contributed by atoms with van der Waals surface area (Å²) in [6, 6.07) is 0. The maximum absolute atomic E-state index is 13.2. The lowest BCUT2D eigenvalue weighted by molar-refractivity contribution is -0.133. The fraction of sp³-hybridized carbons (Fsp3) is 0.615. The third-order valence-corrected chi connectivity index (χ3v) is 9.80. The maximum Gasteiger partial charge on any atom is 0.160 e. The Morgan fingerprint density at radius 1 is 0.929 bits per heavy atom. The molecule has 0 N–H and O–H groups in total. The lowest BCUT2D eigenvalue weighted by atomic mass is 9.55. The van der Waals surface area contributed by atoms with Crippen LogP contribution in [0.15, 0.2) is 47.1 Å². The van der Waals surface area contributed by atoms with Gasteiger partial charge in [-0.3, -0.25) is 9.59 Å². The van der Waals surface area contributed by atoms with E-state index in [2.05, 4.69) is 18.2 Å². The molecule has 0 aromatic rings. The number of rotatable bonds is 1. The second-order valence-electron chi connectivity index (χ2n) is 10.5. The normalized spacial score (nSPS) is 50.1. The molecule has 3 saturated carbocycles. The third-order valence-electron chi connectivity index (χ3n) is 9.80. The van der Waals surface area contributed by atoms with Crippen molar-refractivity contribution in [3.63, 3.8) is 0 Å². The van der Waals surface area contributed by atoms with Crippen molar-refractivity contribution >= 4 is 11.6 Å². The molecule has 2 nitrogen and oxygen atoms in total. The van der Waals surface area contributed by atoms with Crippen molar-refractivity contribution in [2.75, 3.05) is 0 Å². The first-order valence-corrected chi connectivity index (χ1v) is 11.6. The summed E-state index contributed by atoms with van der Waals surface area (Å²) in [5.74, 6) is 3.01. The highest BCUT2D eigenvalue weighted by molar-refractivity contribution is 6.08. The van der Waals surface area contributed by atoms with Gasteiger partial charge in [0, 0.05) is 17.3 Å². The van der Waals surface area contributed by atoms with E-state index in [4.69, 9.17) is 0 Å². The van der Waals surface area contributed by atoms with Crippen LogP contribution in [0.5, 0.6) is 0 Å². The van der Waals surface area contributed by atoms with E-state index in [9.17, 15) is 9.59 Å². The molecule has 144 valence electrons. The molecule has 2 bridgehead atoms. The van der Waals surface area contributed by atoms with Crippen LogP contribution in [0.4, 0.5) is 0 Å². The van der Waals surface area contributed by atoms with Gasteiger partial charge in [0.1, 0.15) is 0 Å². The highest BCUT2D eigenvalue weighted by Gasteiger charge is 2.67. The molecule has 28 heavy (non-hydrogen) atoms. The van der Waals surface area contributed by atoms with E-state index >= 15 is 0 Å². The lowest BCUT2D eigenvalue weighted by Gasteiger charge is -2.47. The van der Waals surface area contributed by atoms with Crippen LogP contribution >= 0.6 is 0 Å². The van der Waals surface area contributed by atoms with Gasteiger partial charge >= 0.3 is 0 Å². The molecule has 0 amide bonds. The van der Waals surface area contributed by atoms with E-state index in [0.717, 1.165) is 6.42 Å². The van der Waals surface area contributed by atoms with E-state index in [1.165, 1.54) is 44.9 Å². The molecule has 0 aliphatic heterocycles. The van der Waals surface area contributed by atoms with Crippen molar-refractivity contribution in [1.29, 1.82) is 0 Å². The zero-order valence-electron chi connectivity index (χ0n) is 16.4. The highest BCUT2D eigenvalue weighted by Crippen LogP contribution is 2.72. The molecule has 0 radical (unpaired) electrons. The summed E-state index contributed by atoms with van der Waals surface area (Å²) < 4.78 is 0. The van der Waals surface area contributed by atoms with E-state index in [1.54, 1.807) is 28.9 Å². The Bertz CT molecular complexity index is 930. The maximum atomic E-state index is 13.2. The van der Waals surface area contributed by atoms with Gasteiger partial charge in [0.25, 0.3) is 0 Å². The Hall–Kier alpha value is -1.70. The SMILES string of the molecule is O=C1C=CC(=O)[C@H]2[C@@H]1[C@H]1C(=C3CCC[C@@H]32)C[C@H]2[C@@H]1[C@@]1(C3=CCCC3)C=C[C@@H]2C1. The smallest absolute Gasteiger partial charge is 0.160 e. The third kappa shape index (κ3) is 1.73. The van der Waals surface area contributed by atoms with Crippen molar-refractivity contribution in [3.05, 3.63) is 47.1 Å². The summed E-state index contributed by atoms with van der Waals surface area (Å²) in [7, 11) is 0. The molecular formula is C26H28O2. The van der Waals surface area contributed by atoms with Crippen LogP contribution < -0.4 is 0 Å². The van der Waals surface area contributed by atoms with Crippen molar-refractivity contribution in [3.8, 4) is 0 Å². The largest absolute Gasteiger partial charge is 0.294 e. The fourth-order valence-electron chi connectivity index (χ4n) is 9.07. The van der Waals surface area contributed by atoms with Crippen molar-refractivity contribution in [2.24, 2.45) is 46.8 Å². The average Bonchev–Trinajstić information content (AvgIpc) is 3.46. The minimum Gasteiger partial charge on any atom is -0.294 e. The highest BCUT2D eigenvalue weighted by atomic mass is 16.1. The Balaban J connectivity index is 1.43. The lowest BCUT2D eigenvalue weighted by Crippen LogP contribution is -2.48. The summed E-state index contributed by atoms with van der Waals surface area (Å²) in [6.07, 6.45) is 20.5. The second kappa shape index (κ2) is 5.26. The van der Waals surface area contributed by atoms with Gasteiger partial charge in [-0.15, -0.1) is 0 Å². The molecule has 0 heterocycles. The van der Waals surface area contributed by atoms with E-state index in [0.29, 0.717) is 29.6 Å². The molecule has 0 unspecified atom stereocenters. The number of ketones is 2. The topological polar surface area (TPSA) is 34.1 Å². The predicted molar refractivity (Wildman–Crippen MR) is 107 cm³/mol. The first kappa shape index (κ1) is 16.1. The molecule has 2 heteroatoms. The molecule has 0 spiro atoms. The minimum absolute atomic E-state index is 0.0554. The van der Waals surface area contributed by atoms with E-state index in [1.807, 2.05) is 0 Å². The number of allylic oxidation sites excluding steroid dienone is 8. The predicted octanol–water partition coefficient (Wildman–Crippen LogP) is 4.98. The molecule has 7 aliphatic rings. The van der Waals surface area contributed by atoms with Crippen LogP contribution in [0.2, 0.25) is 0 Å². The van der Waals surface area contributed by atoms with Crippen molar-refractivity contribution in [2.45, 2.75) is 51.4 Å². The summed E-state index contributed by atoms with van der Waals surface area (Å²) in [4.78, 5) is 26.2. The quantitative estimate of drug-likeness (QED) is 0.609. The van der Waals surface area contributed by atoms with Crippen LogP contribution in [-0.2, 0) is 9.59 Å². The zero-order chi connectivity index (χ0) is 18.6. The van der Waals surface area contributed by atoms with Crippen molar-refractivity contribution < 1.29 is 9.59 Å². The number of hydrogen-bond donors (Lipinski definition) is 0. The summed E-state index contributed by atoms with van der Waals surface area (Å²) in [5, 5.41) is 0. The van der Waals surface area contributed by atoms with Crippen LogP contribution in [0.25, 0.3) is 0 Å². The fourth-order valence-corrected chi connectivity index (χ4v) is 9.07. The molecule has 7 aliphatic carbocycles. The first-order chi connectivity index (χ1) is 13.7. The van der Waals surface area contributed by atoms with Gasteiger partial charge in [0.05, 0.1) is 0 Å². The number of carbonyl (C=O) groups is 2. The molecule has 0 aromatic heterocycles. The van der Waals surface area contributed by atoms with Crippen LogP contribution in [-0.4, -0.2) is 11.6 Å². The van der Waals surface area contributed by atoms with Gasteiger partial charge in [-0.1, -0.05) is 34.9 Å². The molecule has 8 atom stereocenters. The Labute approximate surface area is 166 Å². The van der Waals surface area contributed by atoms with Gasteiger partial charge in [0.15, 0.2) is 11.6 Å². The standard InChI is InChI=1S/C26H28O2/c27-20-8-9-21(28)24-22(20)17-7-3-6-16(17)19-12-18-14-10-11-26(13-14,25(18)23(19)24)15-4-1-2-5-15/h4,8-11,14,17-18,22-25H,1-3,5-7,12-13H2/t14-,17+,18-,22+,23-,24-,25+,26+/m1/s1.